The summed E-state index contributed by atoms with van der Waals surface area (Å²) >= 11 is 0. The molecule has 1 atom stereocenters. The van der Waals surface area contributed by atoms with E-state index in [2.05, 4.69) is 13.8 Å². The summed E-state index contributed by atoms with van der Waals surface area (Å²) in [5.41, 5.74) is 1.17. The highest BCUT2D eigenvalue weighted by Gasteiger charge is 2.06. The Hall–Kier alpha value is -0.590. The SMILES string of the molecule is CCCCCC(CC)CC(C)=C[C]=O. The van der Waals surface area contributed by atoms with E-state index >= 15 is 0 Å². The van der Waals surface area contributed by atoms with Crippen LogP contribution in [-0.2, 0) is 4.79 Å². The summed E-state index contributed by atoms with van der Waals surface area (Å²) in [5.74, 6) is 0.756. The van der Waals surface area contributed by atoms with Crippen LogP contribution in [0.2, 0.25) is 0 Å². The van der Waals surface area contributed by atoms with Crippen LogP contribution in [-0.4, -0.2) is 6.29 Å². The first kappa shape index (κ1) is 13.4. The van der Waals surface area contributed by atoms with Crippen molar-refractivity contribution in [3.63, 3.8) is 0 Å². The lowest BCUT2D eigenvalue weighted by molar-refractivity contribution is 0.441. The monoisotopic (exact) mass is 195 g/mol. The molecule has 81 valence electrons. The number of allylic oxidation sites excluding steroid dienone is 2. The van der Waals surface area contributed by atoms with E-state index in [9.17, 15) is 4.79 Å². The van der Waals surface area contributed by atoms with Gasteiger partial charge in [-0.3, -0.25) is 4.79 Å². The Morgan fingerprint density at radius 2 is 2.07 bits per heavy atom. The van der Waals surface area contributed by atoms with Crippen molar-refractivity contribution in [2.24, 2.45) is 5.92 Å². The van der Waals surface area contributed by atoms with E-state index in [-0.39, 0.29) is 0 Å². The van der Waals surface area contributed by atoms with Gasteiger partial charge < -0.3 is 0 Å². The highest BCUT2D eigenvalue weighted by Crippen LogP contribution is 2.21. The van der Waals surface area contributed by atoms with Crippen LogP contribution in [0.1, 0.15) is 59.3 Å². The highest BCUT2D eigenvalue weighted by molar-refractivity contribution is 5.66. The van der Waals surface area contributed by atoms with Crippen molar-refractivity contribution in [3.8, 4) is 0 Å². The minimum atomic E-state index is 0.756. The molecule has 0 aromatic carbocycles. The van der Waals surface area contributed by atoms with Gasteiger partial charge in [0, 0.05) is 0 Å². The first-order chi connectivity index (χ1) is 6.74. The second-order valence-electron chi connectivity index (χ2n) is 4.08. The lowest BCUT2D eigenvalue weighted by atomic mass is 9.92. The molecule has 0 rings (SSSR count). The summed E-state index contributed by atoms with van der Waals surface area (Å²) in [6.07, 6.45) is 10.9. The maximum atomic E-state index is 10.1. The molecular formula is C13H23O. The van der Waals surface area contributed by atoms with Gasteiger partial charge in [-0.15, -0.1) is 0 Å². The molecule has 1 radical (unpaired) electrons. The first-order valence-electron chi connectivity index (χ1n) is 5.77. The number of hydrogen-bond donors (Lipinski definition) is 0. The molecule has 0 amide bonds. The van der Waals surface area contributed by atoms with Crippen molar-refractivity contribution >= 4 is 6.29 Å². The molecule has 0 aliphatic carbocycles. The van der Waals surface area contributed by atoms with Crippen LogP contribution in [0.15, 0.2) is 11.6 Å². The average molecular weight is 195 g/mol. The maximum absolute atomic E-state index is 10.1. The van der Waals surface area contributed by atoms with E-state index in [1.807, 2.05) is 13.2 Å². The summed E-state index contributed by atoms with van der Waals surface area (Å²) in [7, 11) is 0. The van der Waals surface area contributed by atoms with E-state index in [4.69, 9.17) is 0 Å². The Morgan fingerprint density at radius 3 is 2.57 bits per heavy atom. The third-order valence-corrected chi connectivity index (χ3v) is 2.71. The zero-order chi connectivity index (χ0) is 10.8. The van der Waals surface area contributed by atoms with Crippen molar-refractivity contribution in [1.29, 1.82) is 0 Å². The van der Waals surface area contributed by atoms with E-state index in [1.165, 1.54) is 37.7 Å². The predicted molar refractivity (Wildman–Crippen MR) is 62.0 cm³/mol. The van der Waals surface area contributed by atoms with Crippen molar-refractivity contribution in [3.05, 3.63) is 11.6 Å². The maximum Gasteiger partial charge on any atom is 0.225 e. The molecule has 0 spiro atoms. The van der Waals surface area contributed by atoms with Gasteiger partial charge in [0.05, 0.1) is 0 Å². The molecule has 0 aliphatic heterocycles. The molecule has 0 saturated carbocycles. The zero-order valence-corrected chi connectivity index (χ0v) is 9.81. The Bertz CT molecular complexity index is 170. The van der Waals surface area contributed by atoms with Gasteiger partial charge in [-0.2, -0.15) is 0 Å². The zero-order valence-electron chi connectivity index (χ0n) is 9.81. The van der Waals surface area contributed by atoms with Crippen molar-refractivity contribution in [2.75, 3.05) is 0 Å². The molecule has 0 saturated heterocycles. The lowest BCUT2D eigenvalue weighted by Crippen LogP contribution is -1.99. The Morgan fingerprint density at radius 1 is 1.36 bits per heavy atom. The summed E-state index contributed by atoms with van der Waals surface area (Å²) in [5, 5.41) is 0. The van der Waals surface area contributed by atoms with Gasteiger partial charge in [-0.05, 0) is 25.3 Å². The lowest BCUT2D eigenvalue weighted by Gasteiger charge is -2.14. The van der Waals surface area contributed by atoms with E-state index in [0.717, 1.165) is 12.3 Å². The van der Waals surface area contributed by atoms with Crippen LogP contribution in [0.25, 0.3) is 0 Å². The molecular weight excluding hydrogens is 172 g/mol. The minimum absolute atomic E-state index is 0.756. The fourth-order valence-electron chi connectivity index (χ4n) is 1.75. The van der Waals surface area contributed by atoms with Crippen molar-refractivity contribution in [1.82, 2.24) is 0 Å². The van der Waals surface area contributed by atoms with Crippen LogP contribution < -0.4 is 0 Å². The molecule has 14 heavy (non-hydrogen) atoms. The standard InChI is InChI=1S/C13H23O/c1-4-6-7-8-13(5-2)11-12(3)9-10-14/h9,13H,4-8,11H2,1-3H3. The van der Waals surface area contributed by atoms with Crippen LogP contribution in [0.3, 0.4) is 0 Å². The van der Waals surface area contributed by atoms with Crippen LogP contribution in [0.4, 0.5) is 0 Å². The average Bonchev–Trinajstić information content (AvgIpc) is 2.17. The smallest absolute Gasteiger partial charge is 0.225 e. The molecule has 0 aromatic heterocycles. The molecule has 1 heteroatoms. The third-order valence-electron chi connectivity index (χ3n) is 2.71. The molecule has 0 aromatic rings. The summed E-state index contributed by atoms with van der Waals surface area (Å²) < 4.78 is 0. The fraction of sp³-hybridized carbons (Fsp3) is 0.769. The summed E-state index contributed by atoms with van der Waals surface area (Å²) in [4.78, 5) is 10.1. The summed E-state index contributed by atoms with van der Waals surface area (Å²) in [6, 6.07) is 0. The van der Waals surface area contributed by atoms with Gasteiger partial charge >= 0.3 is 0 Å². The quantitative estimate of drug-likeness (QED) is 0.422. The van der Waals surface area contributed by atoms with Gasteiger partial charge in [0.1, 0.15) is 0 Å². The van der Waals surface area contributed by atoms with Gasteiger partial charge in [-0.25, -0.2) is 0 Å². The molecule has 1 nitrogen and oxygen atoms in total. The van der Waals surface area contributed by atoms with Crippen molar-refractivity contribution < 1.29 is 4.79 Å². The van der Waals surface area contributed by atoms with Gasteiger partial charge in [0.15, 0.2) is 0 Å². The molecule has 1 unspecified atom stereocenters. The Balaban J connectivity index is 3.77. The molecule has 0 N–H and O–H groups in total. The number of hydrogen-bond acceptors (Lipinski definition) is 1. The van der Waals surface area contributed by atoms with Gasteiger partial charge in [-0.1, -0.05) is 51.5 Å². The predicted octanol–water partition coefficient (Wildman–Crippen LogP) is 4.04. The Labute approximate surface area is 88.6 Å². The second kappa shape index (κ2) is 8.98. The fourth-order valence-corrected chi connectivity index (χ4v) is 1.75. The third kappa shape index (κ3) is 6.88. The van der Waals surface area contributed by atoms with E-state index < -0.39 is 0 Å². The molecule has 0 aliphatic rings. The van der Waals surface area contributed by atoms with Crippen LogP contribution in [0.5, 0.6) is 0 Å². The number of rotatable bonds is 8. The summed E-state index contributed by atoms with van der Waals surface area (Å²) in [6.45, 7) is 6.48. The van der Waals surface area contributed by atoms with Gasteiger partial charge in [0.2, 0.25) is 6.29 Å². The highest BCUT2D eigenvalue weighted by atomic mass is 16.1. The normalized spacial score (nSPS) is 14.1. The van der Waals surface area contributed by atoms with Gasteiger partial charge in [0.25, 0.3) is 0 Å². The number of carbonyl (C=O) groups excluding carboxylic acids is 1. The molecule has 0 heterocycles. The molecule has 0 fully saturated rings. The number of unbranched alkanes of at least 4 members (excludes halogenated alkanes) is 2. The topological polar surface area (TPSA) is 17.1 Å². The van der Waals surface area contributed by atoms with Crippen molar-refractivity contribution in [2.45, 2.75) is 59.3 Å². The van der Waals surface area contributed by atoms with Crippen LogP contribution >= 0.6 is 0 Å². The van der Waals surface area contributed by atoms with Crippen LogP contribution in [0, 0.1) is 5.92 Å². The Kier molecular flexibility index (Phi) is 8.61. The van der Waals surface area contributed by atoms with E-state index in [1.54, 1.807) is 6.08 Å². The molecule has 0 bridgehead atoms. The minimum Gasteiger partial charge on any atom is -0.286 e. The van der Waals surface area contributed by atoms with E-state index in [0.29, 0.717) is 0 Å². The second-order valence-corrected chi connectivity index (χ2v) is 4.08. The first-order valence-corrected chi connectivity index (χ1v) is 5.77. The largest absolute Gasteiger partial charge is 0.286 e.